The van der Waals surface area contributed by atoms with Crippen LogP contribution in [0, 0.1) is 0 Å². The molecule has 1 aliphatic rings. The van der Waals surface area contributed by atoms with E-state index in [0.717, 1.165) is 38.9 Å². The molecular weight excluding hydrogens is 436 g/mol. The van der Waals surface area contributed by atoms with Crippen LogP contribution in [0.2, 0.25) is 0 Å². The predicted molar refractivity (Wildman–Crippen MR) is 127 cm³/mol. The Balaban J connectivity index is 1.72. The molecule has 8 heteroatoms. The number of benzene rings is 2. The van der Waals surface area contributed by atoms with E-state index in [4.69, 9.17) is 9.47 Å². The molecule has 2 heterocycles. The lowest BCUT2D eigenvalue weighted by Gasteiger charge is -2.18. The van der Waals surface area contributed by atoms with Crippen molar-refractivity contribution in [1.82, 2.24) is 4.57 Å². The molecule has 0 aliphatic carbocycles. The summed E-state index contributed by atoms with van der Waals surface area (Å²) in [7, 11) is 0. The van der Waals surface area contributed by atoms with Crippen LogP contribution in [0.15, 0.2) is 46.3 Å². The van der Waals surface area contributed by atoms with E-state index in [0.29, 0.717) is 28.8 Å². The fraction of sp³-hybridized carbons (Fsp3) is 0.364. The summed E-state index contributed by atoms with van der Waals surface area (Å²) in [6.07, 6.45) is 2.08. The number of ether oxygens (including phenoxy) is 2. The number of aromatic nitrogens is 1. The van der Waals surface area contributed by atoms with Gasteiger partial charge in [0, 0.05) is 40.1 Å². The van der Waals surface area contributed by atoms with Gasteiger partial charge in [-0.1, -0.05) is 25.2 Å². The van der Waals surface area contributed by atoms with Crippen molar-refractivity contribution in [3.8, 4) is 11.5 Å². The van der Waals surface area contributed by atoms with Crippen LogP contribution >= 0.6 is 34.9 Å². The number of thiazole rings is 1. The molecule has 0 radical (unpaired) electrons. The molecule has 1 amide bonds. The van der Waals surface area contributed by atoms with Gasteiger partial charge < -0.3 is 14.0 Å². The van der Waals surface area contributed by atoms with Gasteiger partial charge in [-0.05, 0) is 30.5 Å². The van der Waals surface area contributed by atoms with E-state index in [1.807, 2.05) is 36.4 Å². The highest BCUT2D eigenvalue weighted by Crippen LogP contribution is 2.35. The van der Waals surface area contributed by atoms with Gasteiger partial charge >= 0.3 is 0 Å². The minimum Gasteiger partial charge on any atom is -0.486 e. The predicted octanol–water partition coefficient (Wildman–Crippen LogP) is 5.08. The maximum Gasteiger partial charge on any atom is 0.279 e. The molecule has 0 spiro atoms. The van der Waals surface area contributed by atoms with Gasteiger partial charge in [0.05, 0.1) is 10.2 Å². The number of hydrogen-bond donors (Lipinski definition) is 0. The minimum atomic E-state index is -0.224. The Kier molecular flexibility index (Phi) is 6.75. The number of carbonyl (C=O) groups excluding carboxylic acids is 1. The van der Waals surface area contributed by atoms with Crippen LogP contribution in [0.4, 0.5) is 0 Å². The van der Waals surface area contributed by atoms with Crippen LogP contribution in [0.25, 0.3) is 10.2 Å². The van der Waals surface area contributed by atoms with Crippen molar-refractivity contribution in [2.75, 3.05) is 25.2 Å². The highest BCUT2D eigenvalue weighted by molar-refractivity contribution is 7.99. The van der Waals surface area contributed by atoms with Crippen molar-refractivity contribution in [2.24, 2.45) is 4.99 Å². The summed E-state index contributed by atoms with van der Waals surface area (Å²) in [5, 5.41) is 0.504. The third-order valence-corrected chi connectivity index (χ3v) is 7.18. The average Bonchev–Trinajstić information content (AvgIpc) is 3.06. The quantitative estimate of drug-likeness (QED) is 0.480. The number of rotatable bonds is 6. The Bertz CT molecular complexity index is 1120. The standard InChI is InChI=1S/C22H24N2O3S3/c1-14(2)29-16-6-4-15(5-7-16)21(25)23-22-24(8-11-28-3)17-12-18-19(13-20(17)30-22)27-10-9-26-18/h4-7,12-14H,8-11H2,1-3H3. The SMILES string of the molecule is CSCCn1c(=NC(=O)c2ccc(SC(C)C)cc2)sc2cc3c(cc21)OCCO3. The molecule has 0 N–H and O–H groups in total. The van der Waals surface area contributed by atoms with E-state index >= 15 is 0 Å². The van der Waals surface area contributed by atoms with Gasteiger partial charge in [-0.15, -0.1) is 11.8 Å². The maximum atomic E-state index is 12.9. The van der Waals surface area contributed by atoms with Crippen molar-refractivity contribution in [3.63, 3.8) is 0 Å². The number of amides is 1. The molecule has 0 atom stereocenters. The van der Waals surface area contributed by atoms with E-state index in [9.17, 15) is 4.79 Å². The first-order valence-electron chi connectivity index (χ1n) is 9.83. The van der Waals surface area contributed by atoms with Crippen LogP contribution < -0.4 is 14.3 Å². The fourth-order valence-electron chi connectivity index (χ4n) is 3.19. The van der Waals surface area contributed by atoms with Gasteiger partial charge in [-0.2, -0.15) is 16.8 Å². The monoisotopic (exact) mass is 460 g/mol. The summed E-state index contributed by atoms with van der Waals surface area (Å²) in [6.45, 7) is 6.19. The van der Waals surface area contributed by atoms with E-state index in [2.05, 4.69) is 29.7 Å². The summed E-state index contributed by atoms with van der Waals surface area (Å²) in [4.78, 5) is 19.2. The second kappa shape index (κ2) is 9.49. The summed E-state index contributed by atoms with van der Waals surface area (Å²) in [6, 6.07) is 11.7. The van der Waals surface area contributed by atoms with Crippen LogP contribution in [0.1, 0.15) is 24.2 Å². The van der Waals surface area contributed by atoms with Gasteiger partial charge in [0.1, 0.15) is 13.2 Å². The molecular formula is C22H24N2O3S3. The van der Waals surface area contributed by atoms with E-state index in [1.54, 1.807) is 23.5 Å². The number of hydrogen-bond acceptors (Lipinski definition) is 6. The van der Waals surface area contributed by atoms with Crippen molar-refractivity contribution < 1.29 is 14.3 Å². The highest BCUT2D eigenvalue weighted by atomic mass is 32.2. The first-order chi connectivity index (χ1) is 14.5. The largest absolute Gasteiger partial charge is 0.486 e. The first-order valence-corrected chi connectivity index (χ1v) is 12.9. The van der Waals surface area contributed by atoms with Crippen molar-refractivity contribution in [1.29, 1.82) is 0 Å². The summed E-state index contributed by atoms with van der Waals surface area (Å²) in [5.41, 5.74) is 1.62. The van der Waals surface area contributed by atoms with Crippen molar-refractivity contribution >= 4 is 51.0 Å². The highest BCUT2D eigenvalue weighted by Gasteiger charge is 2.17. The Morgan fingerprint density at radius 3 is 2.53 bits per heavy atom. The van der Waals surface area contributed by atoms with Crippen LogP contribution in [-0.4, -0.2) is 40.9 Å². The molecule has 2 aromatic carbocycles. The lowest BCUT2D eigenvalue weighted by atomic mass is 10.2. The summed E-state index contributed by atoms with van der Waals surface area (Å²) < 4.78 is 14.6. The molecule has 0 saturated heterocycles. The molecule has 0 saturated carbocycles. The van der Waals surface area contributed by atoms with Gasteiger partial charge in [0.25, 0.3) is 5.91 Å². The molecule has 1 aliphatic heterocycles. The van der Waals surface area contributed by atoms with Gasteiger partial charge in [0.15, 0.2) is 16.3 Å². The van der Waals surface area contributed by atoms with Crippen molar-refractivity contribution in [2.45, 2.75) is 30.5 Å². The zero-order chi connectivity index (χ0) is 21.1. The summed E-state index contributed by atoms with van der Waals surface area (Å²) >= 11 is 5.05. The van der Waals surface area contributed by atoms with E-state index in [1.165, 1.54) is 11.3 Å². The van der Waals surface area contributed by atoms with E-state index in [-0.39, 0.29) is 5.91 Å². The molecule has 4 rings (SSSR count). The number of fused-ring (bicyclic) bond motifs is 2. The zero-order valence-corrected chi connectivity index (χ0v) is 19.7. The maximum absolute atomic E-state index is 12.9. The number of nitrogens with zero attached hydrogens (tertiary/aromatic N) is 2. The molecule has 3 aromatic rings. The van der Waals surface area contributed by atoms with E-state index < -0.39 is 0 Å². The Hall–Kier alpha value is -1.90. The lowest BCUT2D eigenvalue weighted by Crippen LogP contribution is -2.18. The normalized spacial score (nSPS) is 13.9. The van der Waals surface area contributed by atoms with Crippen molar-refractivity contribution in [3.05, 3.63) is 46.8 Å². The molecule has 0 unspecified atom stereocenters. The second-order valence-electron chi connectivity index (χ2n) is 7.10. The van der Waals surface area contributed by atoms with Gasteiger partial charge in [-0.25, -0.2) is 0 Å². The molecule has 0 bridgehead atoms. The van der Waals surface area contributed by atoms with Crippen LogP contribution in [-0.2, 0) is 6.54 Å². The molecule has 30 heavy (non-hydrogen) atoms. The zero-order valence-electron chi connectivity index (χ0n) is 17.2. The molecule has 158 valence electrons. The third-order valence-electron chi connectivity index (χ3n) is 4.54. The number of thioether (sulfide) groups is 2. The average molecular weight is 461 g/mol. The number of carbonyl (C=O) groups is 1. The molecule has 5 nitrogen and oxygen atoms in total. The fourth-order valence-corrected chi connectivity index (χ4v) is 5.46. The van der Waals surface area contributed by atoms with Crippen LogP contribution in [0.3, 0.4) is 0 Å². The topological polar surface area (TPSA) is 52.8 Å². The molecule has 0 fully saturated rings. The Labute approximate surface area is 188 Å². The third kappa shape index (κ3) is 4.71. The molecule has 1 aromatic heterocycles. The lowest BCUT2D eigenvalue weighted by molar-refractivity contribution is 0.0998. The second-order valence-corrected chi connectivity index (χ2v) is 10.7. The summed E-state index contributed by atoms with van der Waals surface area (Å²) in [5.74, 6) is 2.21. The van der Waals surface area contributed by atoms with Gasteiger partial charge in [-0.3, -0.25) is 4.79 Å². The van der Waals surface area contributed by atoms with Crippen LogP contribution in [0.5, 0.6) is 11.5 Å². The first kappa shape index (κ1) is 21.3. The van der Waals surface area contributed by atoms with Gasteiger partial charge in [0.2, 0.25) is 0 Å². The Morgan fingerprint density at radius 2 is 1.87 bits per heavy atom. The minimum absolute atomic E-state index is 0.224. The Morgan fingerprint density at radius 1 is 1.17 bits per heavy atom. The number of aryl methyl sites for hydroxylation is 1. The smallest absolute Gasteiger partial charge is 0.279 e.